The molecule has 0 aromatic heterocycles. The van der Waals surface area contributed by atoms with Crippen LogP contribution in [0.2, 0.25) is 0 Å². The molecular formula is C10H15NO3S. The number of carboxylic acid groups (broad SMARTS) is 1. The molecule has 2 rings (SSSR count). The number of carbonyl (C=O) groups is 2. The van der Waals surface area contributed by atoms with Gasteiger partial charge in [-0.3, -0.25) is 9.59 Å². The van der Waals surface area contributed by atoms with Gasteiger partial charge in [0.05, 0.1) is 11.8 Å². The molecule has 1 heterocycles. The summed E-state index contributed by atoms with van der Waals surface area (Å²) in [5, 5.41) is 12.1. The maximum atomic E-state index is 11.6. The van der Waals surface area contributed by atoms with E-state index in [2.05, 4.69) is 12.2 Å². The van der Waals surface area contributed by atoms with E-state index >= 15 is 0 Å². The van der Waals surface area contributed by atoms with Crippen molar-refractivity contribution in [1.29, 1.82) is 0 Å². The average Bonchev–Trinajstić information content (AvgIpc) is 2.88. The highest BCUT2D eigenvalue weighted by Crippen LogP contribution is 2.39. The van der Waals surface area contributed by atoms with Crippen molar-refractivity contribution in [2.24, 2.45) is 11.8 Å². The van der Waals surface area contributed by atoms with Crippen molar-refractivity contribution < 1.29 is 14.7 Å². The quantitative estimate of drug-likeness (QED) is 0.748. The molecule has 0 aromatic rings. The first-order valence-corrected chi connectivity index (χ1v) is 6.29. The van der Waals surface area contributed by atoms with Gasteiger partial charge in [0.1, 0.15) is 0 Å². The minimum absolute atomic E-state index is 0.0678. The van der Waals surface area contributed by atoms with E-state index in [1.54, 1.807) is 0 Å². The van der Waals surface area contributed by atoms with Gasteiger partial charge >= 0.3 is 5.97 Å². The zero-order valence-electron chi connectivity index (χ0n) is 8.60. The summed E-state index contributed by atoms with van der Waals surface area (Å²) in [6.45, 7) is 2.10. The number of hydrogen-bond acceptors (Lipinski definition) is 3. The lowest BCUT2D eigenvalue weighted by atomic mass is 10.1. The van der Waals surface area contributed by atoms with Gasteiger partial charge in [-0.05, 0) is 18.6 Å². The fourth-order valence-corrected chi connectivity index (χ4v) is 3.17. The molecule has 4 nitrogen and oxygen atoms in total. The van der Waals surface area contributed by atoms with E-state index < -0.39 is 11.9 Å². The van der Waals surface area contributed by atoms with Crippen LogP contribution in [0.4, 0.5) is 0 Å². The Morgan fingerprint density at radius 2 is 2.13 bits per heavy atom. The molecule has 1 saturated heterocycles. The molecule has 4 unspecified atom stereocenters. The molecule has 2 aliphatic rings. The largest absolute Gasteiger partial charge is 0.481 e. The molecule has 1 amide bonds. The number of hydrogen-bond donors (Lipinski definition) is 2. The van der Waals surface area contributed by atoms with Crippen molar-refractivity contribution >= 4 is 23.6 Å². The summed E-state index contributed by atoms with van der Waals surface area (Å²) in [4.78, 5) is 22.2. The number of amides is 1. The van der Waals surface area contributed by atoms with Crippen LogP contribution in [0.5, 0.6) is 0 Å². The van der Waals surface area contributed by atoms with Crippen molar-refractivity contribution in [2.45, 2.75) is 31.1 Å². The fourth-order valence-electron chi connectivity index (χ4n) is 1.97. The number of rotatable bonds is 3. The molecule has 0 radical (unpaired) electrons. The molecule has 4 atom stereocenters. The summed E-state index contributed by atoms with van der Waals surface area (Å²) in [5.41, 5.74) is 0. The second-order valence-electron chi connectivity index (χ2n) is 4.27. The zero-order chi connectivity index (χ0) is 11.0. The lowest BCUT2D eigenvalue weighted by molar-refractivity contribution is -0.140. The van der Waals surface area contributed by atoms with Crippen LogP contribution >= 0.6 is 11.8 Å². The third-order valence-corrected chi connectivity index (χ3v) is 4.47. The normalized spacial score (nSPS) is 38.7. The molecule has 1 saturated carbocycles. The molecule has 2 fully saturated rings. The highest BCUT2D eigenvalue weighted by molar-refractivity contribution is 8.00. The van der Waals surface area contributed by atoms with Crippen LogP contribution in [-0.4, -0.2) is 34.0 Å². The van der Waals surface area contributed by atoms with Gasteiger partial charge in [-0.25, -0.2) is 0 Å². The lowest BCUT2D eigenvalue weighted by Gasteiger charge is -2.16. The third kappa shape index (κ3) is 2.27. The Morgan fingerprint density at radius 3 is 2.60 bits per heavy atom. The first kappa shape index (κ1) is 10.8. The van der Waals surface area contributed by atoms with Crippen LogP contribution in [0.1, 0.15) is 19.8 Å². The van der Waals surface area contributed by atoms with E-state index in [0.717, 1.165) is 12.2 Å². The first-order valence-electron chi connectivity index (χ1n) is 5.24. The number of thioether (sulfide) groups is 1. The molecule has 1 aliphatic carbocycles. The van der Waals surface area contributed by atoms with Gasteiger partial charge in [0.2, 0.25) is 5.91 Å². The van der Waals surface area contributed by atoms with Gasteiger partial charge in [0.15, 0.2) is 0 Å². The Kier molecular flexibility index (Phi) is 2.91. The van der Waals surface area contributed by atoms with Crippen molar-refractivity contribution in [3.8, 4) is 0 Å². The topological polar surface area (TPSA) is 66.4 Å². The monoisotopic (exact) mass is 229 g/mol. The summed E-state index contributed by atoms with van der Waals surface area (Å²) in [6.07, 6.45) is 1.51. The molecule has 0 aromatic carbocycles. The molecule has 15 heavy (non-hydrogen) atoms. The molecule has 84 valence electrons. The summed E-state index contributed by atoms with van der Waals surface area (Å²) >= 11 is 1.86. The third-order valence-electron chi connectivity index (χ3n) is 3.15. The molecular weight excluding hydrogens is 214 g/mol. The van der Waals surface area contributed by atoms with E-state index in [9.17, 15) is 9.59 Å². The summed E-state index contributed by atoms with van der Waals surface area (Å²) in [7, 11) is 0. The molecule has 5 heteroatoms. The average molecular weight is 229 g/mol. The number of nitrogens with one attached hydrogen (secondary N) is 1. The molecule has 0 spiro atoms. The van der Waals surface area contributed by atoms with Crippen molar-refractivity contribution in [3.05, 3.63) is 0 Å². The van der Waals surface area contributed by atoms with Crippen molar-refractivity contribution in [2.75, 3.05) is 5.75 Å². The van der Waals surface area contributed by atoms with Crippen LogP contribution < -0.4 is 5.32 Å². The van der Waals surface area contributed by atoms with Gasteiger partial charge in [0.25, 0.3) is 0 Å². The predicted molar refractivity (Wildman–Crippen MR) is 57.7 cm³/mol. The van der Waals surface area contributed by atoms with E-state index in [4.69, 9.17) is 5.11 Å². The zero-order valence-corrected chi connectivity index (χ0v) is 9.42. The van der Waals surface area contributed by atoms with Crippen LogP contribution in [0.25, 0.3) is 0 Å². The van der Waals surface area contributed by atoms with Crippen molar-refractivity contribution in [1.82, 2.24) is 5.32 Å². The van der Waals surface area contributed by atoms with Gasteiger partial charge in [-0.2, -0.15) is 11.8 Å². The van der Waals surface area contributed by atoms with E-state index in [-0.39, 0.29) is 17.9 Å². The number of carboxylic acids is 1. The lowest BCUT2D eigenvalue weighted by Crippen LogP contribution is -2.39. The fraction of sp³-hybridized carbons (Fsp3) is 0.800. The van der Waals surface area contributed by atoms with Crippen LogP contribution in [0.3, 0.4) is 0 Å². The van der Waals surface area contributed by atoms with Crippen LogP contribution in [0.15, 0.2) is 0 Å². The van der Waals surface area contributed by atoms with Gasteiger partial charge in [0, 0.05) is 11.3 Å². The summed E-state index contributed by atoms with van der Waals surface area (Å²) in [6, 6.07) is 0.234. The Hall–Kier alpha value is -0.710. The predicted octanol–water partition coefficient (Wildman–Crippen LogP) is 0.717. The maximum absolute atomic E-state index is 11.6. The van der Waals surface area contributed by atoms with E-state index in [1.165, 1.54) is 0 Å². The Balaban J connectivity index is 1.81. The van der Waals surface area contributed by atoms with Crippen LogP contribution in [0, 0.1) is 11.8 Å². The molecule has 1 aliphatic heterocycles. The standard InChI is InChI=1S/C10H15NO3S/c1-5-8(2-3-15-5)11-9(12)6-4-7(6)10(13)14/h5-8H,2-4H2,1H3,(H,11,12)(H,13,14). The highest BCUT2D eigenvalue weighted by Gasteiger charge is 2.48. The Morgan fingerprint density at radius 1 is 1.40 bits per heavy atom. The minimum atomic E-state index is -0.844. The summed E-state index contributed by atoms with van der Waals surface area (Å²) < 4.78 is 0. The van der Waals surface area contributed by atoms with Gasteiger partial charge in [-0.15, -0.1) is 0 Å². The smallest absolute Gasteiger partial charge is 0.307 e. The molecule has 0 bridgehead atoms. The SMILES string of the molecule is CC1SCCC1NC(=O)C1CC1C(=O)O. The number of carbonyl (C=O) groups excluding carboxylic acids is 1. The van der Waals surface area contributed by atoms with Gasteiger partial charge < -0.3 is 10.4 Å². The van der Waals surface area contributed by atoms with E-state index in [0.29, 0.717) is 11.7 Å². The second-order valence-corrected chi connectivity index (χ2v) is 5.75. The maximum Gasteiger partial charge on any atom is 0.307 e. The number of aliphatic carboxylic acids is 1. The van der Waals surface area contributed by atoms with Crippen molar-refractivity contribution in [3.63, 3.8) is 0 Å². The Labute approximate surface area is 92.8 Å². The van der Waals surface area contributed by atoms with Gasteiger partial charge in [-0.1, -0.05) is 6.92 Å². The first-order chi connectivity index (χ1) is 7.09. The second kappa shape index (κ2) is 4.04. The van der Waals surface area contributed by atoms with Crippen LogP contribution in [-0.2, 0) is 9.59 Å². The van der Waals surface area contributed by atoms with E-state index in [1.807, 2.05) is 11.8 Å². The minimum Gasteiger partial charge on any atom is -0.481 e. The highest BCUT2D eigenvalue weighted by atomic mass is 32.2. The molecule has 2 N–H and O–H groups in total. The summed E-state index contributed by atoms with van der Waals surface area (Å²) in [5.74, 6) is -0.542. The Bertz CT molecular complexity index is 294.